The minimum Gasteiger partial charge on any atom is -0.392 e. The molecular weight excluding hydrogens is 152 g/mol. The van der Waals surface area contributed by atoms with Gasteiger partial charge in [-0.05, 0) is 18.4 Å². The van der Waals surface area contributed by atoms with Crippen LogP contribution in [0.2, 0.25) is 0 Å². The average Bonchev–Trinajstić information content (AvgIpc) is 2.57. The summed E-state index contributed by atoms with van der Waals surface area (Å²) < 4.78 is 0. The van der Waals surface area contributed by atoms with Gasteiger partial charge in [0.25, 0.3) is 0 Å². The topological polar surface area (TPSA) is 48.9 Å². The molecule has 2 N–H and O–H groups in total. The highest BCUT2D eigenvalue weighted by atomic mass is 16.3. The van der Waals surface area contributed by atoms with Crippen molar-refractivity contribution in [2.24, 2.45) is 0 Å². The zero-order valence-electron chi connectivity index (χ0n) is 7.03. The highest BCUT2D eigenvalue weighted by Crippen LogP contribution is 2.32. The molecule has 0 aromatic carbocycles. The predicted molar refractivity (Wildman–Crippen MR) is 45.8 cm³/mol. The number of H-pyrrole nitrogens is 1. The number of aromatic nitrogens is 2. The van der Waals surface area contributed by atoms with Gasteiger partial charge >= 0.3 is 0 Å². The van der Waals surface area contributed by atoms with Crippen molar-refractivity contribution in [1.82, 2.24) is 10.2 Å². The van der Waals surface area contributed by atoms with Crippen LogP contribution in [0.5, 0.6) is 0 Å². The van der Waals surface area contributed by atoms with E-state index in [0.29, 0.717) is 5.92 Å². The molecule has 0 radical (unpaired) electrons. The monoisotopic (exact) mass is 166 g/mol. The predicted octanol–water partition coefficient (Wildman–Crippen LogP) is 1.43. The molecular formula is C9H14N2O. The Kier molecular flexibility index (Phi) is 2.13. The maximum atomic E-state index is 9.70. The van der Waals surface area contributed by atoms with Crippen molar-refractivity contribution in [1.29, 1.82) is 0 Å². The number of aliphatic hydroxyl groups excluding tert-OH is 1. The van der Waals surface area contributed by atoms with Gasteiger partial charge in [-0.2, -0.15) is 5.10 Å². The van der Waals surface area contributed by atoms with E-state index in [4.69, 9.17) is 0 Å². The number of hydrogen-bond acceptors (Lipinski definition) is 2. The molecule has 1 aliphatic rings. The minimum atomic E-state index is -0.156. The van der Waals surface area contributed by atoms with E-state index in [1.165, 1.54) is 6.42 Å². The van der Waals surface area contributed by atoms with Crippen LogP contribution >= 0.6 is 0 Å². The van der Waals surface area contributed by atoms with Gasteiger partial charge in [-0.25, -0.2) is 0 Å². The first-order valence-corrected chi connectivity index (χ1v) is 4.54. The fourth-order valence-electron chi connectivity index (χ4n) is 1.96. The molecule has 0 spiro atoms. The summed E-state index contributed by atoms with van der Waals surface area (Å²) in [5, 5.41) is 16.4. The molecule has 2 rings (SSSR count). The molecule has 1 aromatic heterocycles. The lowest BCUT2D eigenvalue weighted by atomic mass is 9.83. The van der Waals surface area contributed by atoms with Gasteiger partial charge in [0, 0.05) is 12.1 Å². The standard InChI is InChI=1S/C9H14N2O/c12-9-4-2-1-3-8(9)7-5-10-11-6-7/h5-6,8-9,12H,1-4H2,(H,10,11)/t8-,9?/m0/s1. The van der Waals surface area contributed by atoms with Gasteiger partial charge in [-0.3, -0.25) is 5.10 Å². The molecule has 0 saturated heterocycles. The van der Waals surface area contributed by atoms with Crippen LogP contribution in [-0.4, -0.2) is 21.4 Å². The Morgan fingerprint density at radius 2 is 2.25 bits per heavy atom. The number of hydrogen-bond donors (Lipinski definition) is 2. The Labute approximate surface area is 71.8 Å². The fourth-order valence-corrected chi connectivity index (χ4v) is 1.96. The van der Waals surface area contributed by atoms with Crippen molar-refractivity contribution in [3.8, 4) is 0 Å². The third kappa shape index (κ3) is 1.37. The summed E-state index contributed by atoms with van der Waals surface area (Å²) in [6, 6.07) is 0. The third-order valence-electron chi connectivity index (χ3n) is 2.68. The van der Waals surface area contributed by atoms with E-state index in [2.05, 4.69) is 10.2 Å². The van der Waals surface area contributed by atoms with Gasteiger partial charge in [0.2, 0.25) is 0 Å². The SMILES string of the molecule is OC1CCCC[C@H]1c1cn[nH]c1. The first-order valence-electron chi connectivity index (χ1n) is 4.54. The minimum absolute atomic E-state index is 0.156. The quantitative estimate of drug-likeness (QED) is 0.663. The van der Waals surface area contributed by atoms with Gasteiger partial charge in [0.1, 0.15) is 0 Å². The van der Waals surface area contributed by atoms with Gasteiger partial charge < -0.3 is 5.11 Å². The van der Waals surface area contributed by atoms with Gasteiger partial charge in [-0.1, -0.05) is 12.8 Å². The summed E-state index contributed by atoms with van der Waals surface area (Å²) in [5.74, 6) is 0.317. The maximum absolute atomic E-state index is 9.70. The highest BCUT2D eigenvalue weighted by Gasteiger charge is 2.24. The summed E-state index contributed by atoms with van der Waals surface area (Å²) in [6.07, 6.45) is 7.98. The lowest BCUT2D eigenvalue weighted by molar-refractivity contribution is 0.106. The molecule has 1 heterocycles. The Balaban J connectivity index is 2.11. The average molecular weight is 166 g/mol. The van der Waals surface area contributed by atoms with Crippen LogP contribution in [0.15, 0.2) is 12.4 Å². The smallest absolute Gasteiger partial charge is 0.0609 e. The second-order valence-corrected chi connectivity index (χ2v) is 3.49. The van der Waals surface area contributed by atoms with E-state index >= 15 is 0 Å². The lowest BCUT2D eigenvalue weighted by Crippen LogP contribution is -2.21. The van der Waals surface area contributed by atoms with Crippen LogP contribution in [0, 0.1) is 0 Å². The first-order chi connectivity index (χ1) is 5.88. The van der Waals surface area contributed by atoms with Crippen molar-refractivity contribution < 1.29 is 5.11 Å². The number of aromatic amines is 1. The Bertz CT molecular complexity index is 233. The van der Waals surface area contributed by atoms with Crippen molar-refractivity contribution >= 4 is 0 Å². The summed E-state index contributed by atoms with van der Waals surface area (Å²) in [5.41, 5.74) is 1.15. The van der Waals surface area contributed by atoms with Crippen LogP contribution in [0.3, 0.4) is 0 Å². The summed E-state index contributed by atoms with van der Waals surface area (Å²) in [4.78, 5) is 0. The Morgan fingerprint density at radius 3 is 2.92 bits per heavy atom. The highest BCUT2D eigenvalue weighted by molar-refractivity contribution is 5.13. The van der Waals surface area contributed by atoms with E-state index in [9.17, 15) is 5.11 Å². The zero-order chi connectivity index (χ0) is 8.39. The van der Waals surface area contributed by atoms with Crippen LogP contribution in [0.25, 0.3) is 0 Å². The van der Waals surface area contributed by atoms with E-state index in [0.717, 1.165) is 24.8 Å². The van der Waals surface area contributed by atoms with E-state index in [1.807, 2.05) is 12.4 Å². The molecule has 2 atom stereocenters. The summed E-state index contributed by atoms with van der Waals surface area (Å²) >= 11 is 0. The van der Waals surface area contributed by atoms with Gasteiger partial charge in [0.05, 0.1) is 12.3 Å². The van der Waals surface area contributed by atoms with Crippen molar-refractivity contribution in [2.45, 2.75) is 37.7 Å². The Hall–Kier alpha value is -0.830. The summed E-state index contributed by atoms with van der Waals surface area (Å²) in [6.45, 7) is 0. The molecule has 0 amide bonds. The molecule has 1 aliphatic carbocycles. The van der Waals surface area contributed by atoms with E-state index in [1.54, 1.807) is 0 Å². The van der Waals surface area contributed by atoms with Crippen molar-refractivity contribution in [3.05, 3.63) is 18.0 Å². The van der Waals surface area contributed by atoms with Crippen LogP contribution in [0.4, 0.5) is 0 Å². The van der Waals surface area contributed by atoms with Crippen LogP contribution in [0.1, 0.15) is 37.2 Å². The molecule has 1 unspecified atom stereocenters. The van der Waals surface area contributed by atoms with Crippen molar-refractivity contribution in [3.63, 3.8) is 0 Å². The number of nitrogens with one attached hydrogen (secondary N) is 1. The molecule has 0 bridgehead atoms. The lowest BCUT2D eigenvalue weighted by Gasteiger charge is -2.26. The van der Waals surface area contributed by atoms with Crippen LogP contribution < -0.4 is 0 Å². The molecule has 3 heteroatoms. The largest absolute Gasteiger partial charge is 0.392 e. The second-order valence-electron chi connectivity index (χ2n) is 3.49. The van der Waals surface area contributed by atoms with Gasteiger partial charge in [0.15, 0.2) is 0 Å². The van der Waals surface area contributed by atoms with Gasteiger partial charge in [-0.15, -0.1) is 0 Å². The molecule has 12 heavy (non-hydrogen) atoms. The molecule has 3 nitrogen and oxygen atoms in total. The first kappa shape index (κ1) is 7.80. The molecule has 0 aliphatic heterocycles. The number of aliphatic hydroxyl groups is 1. The molecule has 1 saturated carbocycles. The van der Waals surface area contributed by atoms with E-state index < -0.39 is 0 Å². The normalized spacial score (nSPS) is 30.4. The van der Waals surface area contributed by atoms with E-state index in [-0.39, 0.29) is 6.10 Å². The number of rotatable bonds is 1. The van der Waals surface area contributed by atoms with Crippen molar-refractivity contribution in [2.75, 3.05) is 0 Å². The Morgan fingerprint density at radius 1 is 1.42 bits per heavy atom. The molecule has 1 aromatic rings. The second kappa shape index (κ2) is 3.27. The van der Waals surface area contributed by atoms with Crippen LogP contribution in [-0.2, 0) is 0 Å². The zero-order valence-corrected chi connectivity index (χ0v) is 7.03. The third-order valence-corrected chi connectivity index (χ3v) is 2.68. The fraction of sp³-hybridized carbons (Fsp3) is 0.667. The molecule has 1 fully saturated rings. The number of nitrogens with zero attached hydrogens (tertiary/aromatic N) is 1. The maximum Gasteiger partial charge on any atom is 0.0609 e. The summed E-state index contributed by atoms with van der Waals surface area (Å²) in [7, 11) is 0. The molecule has 66 valence electrons.